The van der Waals surface area contributed by atoms with Crippen LogP contribution in [-0.4, -0.2) is 39.0 Å². The van der Waals surface area contributed by atoms with Gasteiger partial charge in [0.15, 0.2) is 0 Å². The standard InChI is InChI=1S/C22H23ClN5O2S2/c1-5-27-19(29)17(15-9-7-8-12-25(15)3)31-21(27)18-20(30)28(6-2)22(32-18)24-16-11-10-14(23)13-26(16)4/h7-13H,5-6H2,1-4H3/q+1/b17-15-,21-18-. The Balaban J connectivity index is 1.92. The molecular weight excluding hydrogens is 466 g/mol. The first-order valence-electron chi connectivity index (χ1n) is 10.1. The zero-order chi connectivity index (χ0) is 23.0. The predicted molar refractivity (Wildman–Crippen MR) is 131 cm³/mol. The summed E-state index contributed by atoms with van der Waals surface area (Å²) in [7, 11) is 3.76. The van der Waals surface area contributed by atoms with E-state index >= 15 is 0 Å². The van der Waals surface area contributed by atoms with Crippen LogP contribution < -0.4 is 19.3 Å². The van der Waals surface area contributed by atoms with Gasteiger partial charge in [-0.05, 0) is 48.8 Å². The third-order valence-corrected chi connectivity index (χ3v) is 7.77. The number of allylic oxidation sites excluding steroid dienone is 2. The molecule has 0 saturated carbocycles. The summed E-state index contributed by atoms with van der Waals surface area (Å²) in [4.78, 5) is 35.3. The van der Waals surface area contributed by atoms with E-state index in [-0.39, 0.29) is 11.5 Å². The monoisotopic (exact) mass is 488 g/mol. The molecule has 2 aromatic rings. The van der Waals surface area contributed by atoms with E-state index in [1.807, 2.05) is 67.9 Å². The molecule has 0 spiro atoms. The van der Waals surface area contributed by atoms with Gasteiger partial charge in [-0.3, -0.25) is 19.1 Å². The molecule has 7 nitrogen and oxygen atoms in total. The minimum Gasteiger partial charge on any atom is -0.350 e. The van der Waals surface area contributed by atoms with E-state index in [2.05, 4.69) is 0 Å². The number of rotatable bonds is 3. The number of aromatic nitrogens is 2. The Bertz CT molecular complexity index is 1370. The van der Waals surface area contributed by atoms with Gasteiger partial charge in [0.05, 0.1) is 17.8 Å². The van der Waals surface area contributed by atoms with Crippen molar-refractivity contribution < 1.29 is 9.36 Å². The lowest BCUT2D eigenvalue weighted by Gasteiger charge is -2.16. The number of aliphatic imine (C=N–C) groups is 1. The van der Waals surface area contributed by atoms with Gasteiger partial charge >= 0.3 is 5.82 Å². The number of nitrogens with zero attached hydrogens (tertiary/aromatic N) is 5. The molecule has 0 radical (unpaired) electrons. The van der Waals surface area contributed by atoms with Crippen LogP contribution in [-0.2, 0) is 18.4 Å². The summed E-state index contributed by atoms with van der Waals surface area (Å²) in [6, 6.07) is 3.58. The Labute approximate surface area is 198 Å². The summed E-state index contributed by atoms with van der Waals surface area (Å²) in [6.07, 6.45) is 9.41. The van der Waals surface area contributed by atoms with Crippen molar-refractivity contribution in [2.75, 3.05) is 13.6 Å². The van der Waals surface area contributed by atoms with Gasteiger partial charge in [-0.2, -0.15) is 0 Å². The van der Waals surface area contributed by atoms with Crippen molar-refractivity contribution >= 4 is 62.2 Å². The Hall–Kier alpha value is -2.62. The summed E-state index contributed by atoms with van der Waals surface area (Å²) in [6.45, 7) is 4.78. The third-order valence-electron chi connectivity index (χ3n) is 5.14. The van der Waals surface area contributed by atoms with Crippen LogP contribution in [0.15, 0.2) is 52.5 Å². The molecule has 0 aliphatic carbocycles. The lowest BCUT2D eigenvalue weighted by Crippen LogP contribution is -2.35. The van der Waals surface area contributed by atoms with Gasteiger partial charge < -0.3 is 4.90 Å². The molecule has 166 valence electrons. The second-order valence-electron chi connectivity index (χ2n) is 7.17. The third kappa shape index (κ3) is 3.96. The van der Waals surface area contributed by atoms with Gasteiger partial charge in [0.1, 0.15) is 20.3 Å². The Morgan fingerprint density at radius 3 is 2.59 bits per heavy atom. The van der Waals surface area contributed by atoms with Gasteiger partial charge in [-0.25, -0.2) is 4.57 Å². The number of halogens is 1. The second kappa shape index (κ2) is 9.09. The van der Waals surface area contributed by atoms with Gasteiger partial charge in [-0.15, -0.1) is 11.3 Å². The minimum absolute atomic E-state index is 0.0901. The number of aryl methyl sites for hydroxylation is 1. The van der Waals surface area contributed by atoms with E-state index < -0.39 is 0 Å². The van der Waals surface area contributed by atoms with Crippen LogP contribution in [0.5, 0.6) is 0 Å². The lowest BCUT2D eigenvalue weighted by atomic mass is 10.3. The molecule has 0 atom stereocenters. The van der Waals surface area contributed by atoms with Crippen molar-refractivity contribution in [3.8, 4) is 0 Å². The Morgan fingerprint density at radius 1 is 1.16 bits per heavy atom. The quantitative estimate of drug-likeness (QED) is 0.619. The van der Waals surface area contributed by atoms with Gasteiger partial charge in [0.2, 0.25) is 0 Å². The van der Waals surface area contributed by atoms with Crippen molar-refractivity contribution in [1.29, 1.82) is 0 Å². The SMILES string of the molecule is CCN1C(=O)/C(=c2/s/c(=C3/C=CC=CN3C)c(=O)n2CC)SC1=Nc1ccc(Cl)c[n+]1C. The van der Waals surface area contributed by atoms with Crippen molar-refractivity contribution in [1.82, 2.24) is 14.4 Å². The molecule has 10 heteroatoms. The minimum atomic E-state index is -0.139. The van der Waals surface area contributed by atoms with E-state index in [0.717, 1.165) is 5.70 Å². The summed E-state index contributed by atoms with van der Waals surface area (Å²) in [5.74, 6) is 0.542. The van der Waals surface area contributed by atoms with E-state index in [1.54, 1.807) is 21.7 Å². The van der Waals surface area contributed by atoms with Crippen LogP contribution in [0.25, 0.3) is 10.6 Å². The summed E-state index contributed by atoms with van der Waals surface area (Å²) in [5, 5.41) is 1.19. The second-order valence-corrected chi connectivity index (χ2v) is 9.59. The Morgan fingerprint density at radius 2 is 1.94 bits per heavy atom. The first kappa shape index (κ1) is 22.6. The summed E-state index contributed by atoms with van der Waals surface area (Å²) >= 11 is 8.71. The highest BCUT2D eigenvalue weighted by molar-refractivity contribution is 8.23. The molecule has 1 amide bonds. The fourth-order valence-electron chi connectivity index (χ4n) is 3.46. The molecule has 0 aromatic carbocycles. The normalized spacial score (nSPS) is 20.8. The highest BCUT2D eigenvalue weighted by Gasteiger charge is 2.38. The molecule has 0 N–H and O–H groups in total. The van der Waals surface area contributed by atoms with Crippen LogP contribution in [0.1, 0.15) is 13.8 Å². The molecule has 2 aliphatic heterocycles. The summed E-state index contributed by atoms with van der Waals surface area (Å²) < 4.78 is 4.76. The predicted octanol–water partition coefficient (Wildman–Crippen LogP) is 1.92. The maximum atomic E-state index is 13.3. The number of hydrogen-bond acceptors (Lipinski definition) is 6. The number of thiazole rings is 1. The lowest BCUT2D eigenvalue weighted by molar-refractivity contribution is -0.658. The van der Waals surface area contributed by atoms with Crippen molar-refractivity contribution in [3.63, 3.8) is 0 Å². The van der Waals surface area contributed by atoms with Crippen molar-refractivity contribution in [3.05, 3.63) is 67.3 Å². The maximum Gasteiger partial charge on any atom is 0.326 e. The van der Waals surface area contributed by atoms with E-state index in [0.29, 0.717) is 43.2 Å². The van der Waals surface area contributed by atoms with Crippen molar-refractivity contribution in [2.45, 2.75) is 20.4 Å². The number of likely N-dealkylation sites (N-methyl/N-ethyl adjacent to an activating group) is 1. The first-order valence-corrected chi connectivity index (χ1v) is 12.2. The molecule has 0 bridgehead atoms. The highest BCUT2D eigenvalue weighted by Crippen LogP contribution is 2.32. The van der Waals surface area contributed by atoms with Crippen LogP contribution in [0.3, 0.4) is 0 Å². The molecule has 32 heavy (non-hydrogen) atoms. The maximum absolute atomic E-state index is 13.3. The number of hydrogen-bond donors (Lipinski definition) is 0. The van der Waals surface area contributed by atoms with E-state index in [9.17, 15) is 9.59 Å². The highest BCUT2D eigenvalue weighted by atomic mass is 35.5. The fraction of sp³-hybridized carbons (Fsp3) is 0.273. The molecule has 4 heterocycles. The smallest absolute Gasteiger partial charge is 0.326 e. The molecule has 2 aliphatic rings. The molecule has 2 aromatic heterocycles. The molecule has 1 saturated heterocycles. The number of carbonyl (C=O) groups is 1. The number of carbonyl (C=O) groups excluding carboxylic acids is 1. The average Bonchev–Trinajstić information content (AvgIpc) is 3.26. The van der Waals surface area contributed by atoms with Gasteiger partial charge in [-0.1, -0.05) is 17.7 Å². The largest absolute Gasteiger partial charge is 0.350 e. The van der Waals surface area contributed by atoms with Crippen molar-refractivity contribution in [2.24, 2.45) is 12.0 Å². The van der Waals surface area contributed by atoms with Crippen LogP contribution in [0.4, 0.5) is 5.82 Å². The van der Waals surface area contributed by atoms with Crippen LogP contribution in [0, 0.1) is 0 Å². The topological polar surface area (TPSA) is 61.8 Å². The Kier molecular flexibility index (Phi) is 6.41. The number of amidine groups is 1. The zero-order valence-corrected chi connectivity index (χ0v) is 20.6. The first-order chi connectivity index (χ1) is 15.3. The zero-order valence-electron chi connectivity index (χ0n) is 18.2. The number of pyridine rings is 1. The van der Waals surface area contributed by atoms with Crippen LogP contribution in [0.2, 0.25) is 5.02 Å². The number of amides is 1. The fourth-order valence-corrected chi connectivity index (χ4v) is 6.17. The van der Waals surface area contributed by atoms with Gasteiger partial charge in [0.25, 0.3) is 16.6 Å². The van der Waals surface area contributed by atoms with E-state index in [4.69, 9.17) is 16.6 Å². The molecule has 0 unspecified atom stereocenters. The van der Waals surface area contributed by atoms with E-state index in [1.165, 1.54) is 23.1 Å². The molecule has 1 fully saturated rings. The van der Waals surface area contributed by atoms with Gasteiger partial charge in [0, 0.05) is 32.4 Å². The number of thioether (sulfide) groups is 1. The van der Waals surface area contributed by atoms with Crippen LogP contribution >= 0.6 is 34.7 Å². The molecule has 4 rings (SSSR count). The average molecular weight is 489 g/mol. The molecular formula is C22H23ClN5O2S2+. The summed E-state index contributed by atoms with van der Waals surface area (Å²) in [5.41, 5.74) is 0.731.